The van der Waals surface area contributed by atoms with Gasteiger partial charge < -0.3 is 16.2 Å². The second-order valence-electron chi connectivity index (χ2n) is 6.52. The van der Waals surface area contributed by atoms with Gasteiger partial charge in [0.25, 0.3) is 0 Å². The Morgan fingerprint density at radius 2 is 1.92 bits per heavy atom. The fourth-order valence-electron chi connectivity index (χ4n) is 3.20. The van der Waals surface area contributed by atoms with Crippen LogP contribution in [0.1, 0.15) is 31.2 Å². The van der Waals surface area contributed by atoms with Crippen LogP contribution in [0.25, 0.3) is 0 Å². The van der Waals surface area contributed by atoms with Gasteiger partial charge in [0.2, 0.25) is 21.8 Å². The fourth-order valence-corrected chi connectivity index (χ4v) is 4.70. The summed E-state index contributed by atoms with van der Waals surface area (Å²) in [7, 11) is -3.74. The van der Waals surface area contributed by atoms with Crippen LogP contribution in [0.5, 0.6) is 0 Å². The number of hydrogen-bond donors (Lipinski definition) is 3. The van der Waals surface area contributed by atoms with Gasteiger partial charge in [0.15, 0.2) is 0 Å². The first-order valence-electron chi connectivity index (χ1n) is 8.18. The molecule has 1 aromatic rings. The molecule has 0 radical (unpaired) electrons. The molecular formula is C16H21N3O5S. The van der Waals surface area contributed by atoms with Crippen molar-refractivity contribution < 1.29 is 23.1 Å². The highest BCUT2D eigenvalue weighted by Crippen LogP contribution is 2.30. The summed E-state index contributed by atoms with van der Waals surface area (Å²) < 4.78 is 26.9. The number of rotatable bonds is 3. The number of nitrogens with zero attached hydrogens (tertiary/aromatic N) is 1. The van der Waals surface area contributed by atoms with Crippen LogP contribution < -0.4 is 11.1 Å². The average Bonchev–Trinajstić information content (AvgIpc) is 2.75. The Morgan fingerprint density at radius 1 is 1.24 bits per heavy atom. The predicted molar refractivity (Wildman–Crippen MR) is 90.1 cm³/mol. The number of sulfonamides is 1. The number of amides is 2. The third-order valence-electron chi connectivity index (χ3n) is 4.85. The van der Waals surface area contributed by atoms with Crippen LogP contribution in [0.3, 0.4) is 0 Å². The number of primary amides is 1. The van der Waals surface area contributed by atoms with Crippen molar-refractivity contribution in [1.29, 1.82) is 0 Å². The number of nitrogens with one attached hydrogen (secondary N) is 1. The number of piperidine rings is 1. The molecule has 3 rings (SSSR count). The highest BCUT2D eigenvalue weighted by atomic mass is 32.2. The second kappa shape index (κ2) is 6.40. The number of carbonyl (C=O) groups excluding carboxylic acids is 2. The molecule has 8 nitrogen and oxygen atoms in total. The Hall–Kier alpha value is -1.97. The van der Waals surface area contributed by atoms with E-state index in [1.165, 1.54) is 10.4 Å². The molecule has 1 fully saturated rings. The molecule has 0 saturated carbocycles. The molecule has 2 aliphatic rings. The predicted octanol–water partition coefficient (Wildman–Crippen LogP) is -0.0377. The smallest absolute Gasteiger partial charge is 0.249 e. The summed E-state index contributed by atoms with van der Waals surface area (Å²) in [5, 5.41) is 12.9. The molecule has 136 valence electrons. The summed E-state index contributed by atoms with van der Waals surface area (Å²) in [5.74, 6) is -0.901. The summed E-state index contributed by atoms with van der Waals surface area (Å²) >= 11 is 0. The molecule has 1 saturated heterocycles. The number of aliphatic hydroxyl groups is 1. The van der Waals surface area contributed by atoms with Crippen molar-refractivity contribution >= 4 is 27.5 Å². The molecule has 9 heteroatoms. The molecule has 0 aliphatic carbocycles. The third-order valence-corrected chi connectivity index (χ3v) is 6.74. The van der Waals surface area contributed by atoms with Crippen LogP contribution >= 0.6 is 0 Å². The zero-order valence-corrected chi connectivity index (χ0v) is 14.5. The Bertz CT molecular complexity index is 813. The number of aryl methyl sites for hydroxylation is 1. The van der Waals surface area contributed by atoms with Crippen molar-refractivity contribution in [1.82, 2.24) is 4.31 Å². The molecule has 0 atom stereocenters. The van der Waals surface area contributed by atoms with E-state index in [0.29, 0.717) is 24.9 Å². The molecule has 2 heterocycles. The summed E-state index contributed by atoms with van der Waals surface area (Å²) in [4.78, 5) is 23.0. The van der Waals surface area contributed by atoms with Crippen LogP contribution in [0.4, 0.5) is 5.69 Å². The van der Waals surface area contributed by atoms with Crippen molar-refractivity contribution in [3.05, 3.63) is 23.8 Å². The maximum Gasteiger partial charge on any atom is 0.249 e. The van der Waals surface area contributed by atoms with Crippen LogP contribution in [0.2, 0.25) is 0 Å². The molecule has 2 aliphatic heterocycles. The summed E-state index contributed by atoms with van der Waals surface area (Å²) in [5.41, 5.74) is 4.96. The Kier molecular flexibility index (Phi) is 4.56. The molecule has 25 heavy (non-hydrogen) atoms. The SMILES string of the molecule is NC(=O)C1(O)CCN(S(=O)(=O)c2ccc3c(c2)CCCC(=O)N3)CC1. The van der Waals surface area contributed by atoms with Gasteiger partial charge in [-0.3, -0.25) is 9.59 Å². The third kappa shape index (κ3) is 3.39. The van der Waals surface area contributed by atoms with Crippen molar-refractivity contribution in [2.75, 3.05) is 18.4 Å². The average molecular weight is 367 g/mol. The number of nitrogens with two attached hydrogens (primary N) is 1. The summed E-state index contributed by atoms with van der Waals surface area (Å²) in [6, 6.07) is 4.66. The summed E-state index contributed by atoms with van der Waals surface area (Å²) in [6.07, 6.45) is 1.65. The van der Waals surface area contributed by atoms with Gasteiger partial charge in [-0.15, -0.1) is 0 Å². The topological polar surface area (TPSA) is 130 Å². The number of anilines is 1. The van der Waals surface area contributed by atoms with Crippen molar-refractivity contribution in [2.45, 2.75) is 42.6 Å². The van der Waals surface area contributed by atoms with E-state index in [-0.39, 0.29) is 36.7 Å². The van der Waals surface area contributed by atoms with Gasteiger partial charge in [0.05, 0.1) is 4.90 Å². The minimum Gasteiger partial charge on any atom is -0.380 e. The first-order valence-corrected chi connectivity index (χ1v) is 9.62. The molecule has 0 spiro atoms. The van der Waals surface area contributed by atoms with E-state index < -0.39 is 21.5 Å². The van der Waals surface area contributed by atoms with E-state index in [1.807, 2.05) is 0 Å². The number of benzene rings is 1. The second-order valence-corrected chi connectivity index (χ2v) is 8.46. The Labute approximate surface area is 146 Å². The minimum absolute atomic E-state index is 0.0234. The van der Waals surface area contributed by atoms with Gasteiger partial charge in [-0.1, -0.05) is 0 Å². The summed E-state index contributed by atoms with van der Waals surface area (Å²) in [6.45, 7) is 0.0468. The Balaban J connectivity index is 1.83. The van der Waals surface area contributed by atoms with Crippen LogP contribution in [-0.4, -0.2) is 48.3 Å². The normalized spacial score (nSPS) is 21.1. The molecule has 0 bridgehead atoms. The van der Waals surface area contributed by atoms with Gasteiger partial charge in [-0.05, 0) is 49.4 Å². The van der Waals surface area contributed by atoms with Crippen LogP contribution in [-0.2, 0) is 26.0 Å². The van der Waals surface area contributed by atoms with Gasteiger partial charge in [-0.2, -0.15) is 4.31 Å². The van der Waals surface area contributed by atoms with Gasteiger partial charge >= 0.3 is 0 Å². The first kappa shape index (κ1) is 17.8. The van der Waals surface area contributed by atoms with Crippen molar-refractivity contribution in [3.8, 4) is 0 Å². The lowest BCUT2D eigenvalue weighted by Gasteiger charge is -2.35. The lowest BCUT2D eigenvalue weighted by Crippen LogP contribution is -2.53. The van der Waals surface area contributed by atoms with Crippen LogP contribution in [0.15, 0.2) is 23.1 Å². The molecular weight excluding hydrogens is 346 g/mol. The molecule has 1 aromatic carbocycles. The molecule has 4 N–H and O–H groups in total. The maximum atomic E-state index is 12.8. The molecule has 0 unspecified atom stereocenters. The highest BCUT2D eigenvalue weighted by Gasteiger charge is 2.41. The van der Waals surface area contributed by atoms with Gasteiger partial charge in [0, 0.05) is 25.2 Å². The minimum atomic E-state index is -3.74. The Morgan fingerprint density at radius 3 is 2.56 bits per heavy atom. The van der Waals surface area contributed by atoms with E-state index >= 15 is 0 Å². The largest absolute Gasteiger partial charge is 0.380 e. The van der Waals surface area contributed by atoms with Crippen molar-refractivity contribution in [2.24, 2.45) is 5.73 Å². The van der Waals surface area contributed by atoms with E-state index in [4.69, 9.17) is 5.73 Å². The number of carbonyl (C=O) groups is 2. The monoisotopic (exact) mass is 367 g/mol. The zero-order valence-electron chi connectivity index (χ0n) is 13.7. The van der Waals surface area contributed by atoms with Gasteiger partial charge in [-0.25, -0.2) is 8.42 Å². The lowest BCUT2D eigenvalue weighted by atomic mass is 9.92. The van der Waals surface area contributed by atoms with Crippen molar-refractivity contribution in [3.63, 3.8) is 0 Å². The maximum absolute atomic E-state index is 12.8. The van der Waals surface area contributed by atoms with E-state index in [1.54, 1.807) is 12.1 Å². The van der Waals surface area contributed by atoms with E-state index in [0.717, 1.165) is 5.56 Å². The number of fused-ring (bicyclic) bond motifs is 1. The number of hydrogen-bond acceptors (Lipinski definition) is 5. The molecule has 0 aromatic heterocycles. The first-order chi connectivity index (χ1) is 11.7. The standard InChI is InChI=1S/C16H21N3O5S/c17-15(21)16(22)6-8-19(9-7-16)25(23,24)12-4-5-13-11(10-12)2-1-3-14(20)18-13/h4-5,10,22H,1-3,6-9H2,(H2,17,21)(H,18,20). The van der Waals surface area contributed by atoms with Gasteiger partial charge in [0.1, 0.15) is 5.60 Å². The lowest BCUT2D eigenvalue weighted by molar-refractivity contribution is -0.139. The molecule has 2 amide bonds. The fraction of sp³-hybridized carbons (Fsp3) is 0.500. The van der Waals surface area contributed by atoms with E-state index in [2.05, 4.69) is 5.32 Å². The van der Waals surface area contributed by atoms with E-state index in [9.17, 15) is 23.1 Å². The zero-order chi connectivity index (χ0) is 18.2. The quantitative estimate of drug-likeness (QED) is 0.690. The van der Waals surface area contributed by atoms with Crippen LogP contribution in [0, 0.1) is 0 Å². The highest BCUT2D eigenvalue weighted by molar-refractivity contribution is 7.89.